The highest BCUT2D eigenvalue weighted by molar-refractivity contribution is 6.04. The Balaban J connectivity index is 2.22. The number of aryl methyl sites for hydroxylation is 1. The monoisotopic (exact) mass is 331 g/mol. The van der Waals surface area contributed by atoms with E-state index in [0.717, 1.165) is 4.90 Å². The van der Waals surface area contributed by atoms with Crippen LogP contribution in [0.3, 0.4) is 0 Å². The van der Waals surface area contributed by atoms with Crippen molar-refractivity contribution < 1.29 is 18.9 Å². The molecule has 128 valence electrons. The Hall–Kier alpha value is -2.27. The van der Waals surface area contributed by atoms with E-state index in [1.165, 1.54) is 13.0 Å². The van der Waals surface area contributed by atoms with Gasteiger partial charge in [0.2, 0.25) is 5.78 Å². The maximum absolute atomic E-state index is 13.8. The van der Waals surface area contributed by atoms with Crippen LogP contribution in [0.5, 0.6) is 0 Å². The van der Waals surface area contributed by atoms with Crippen LogP contribution >= 0.6 is 0 Å². The first-order chi connectivity index (χ1) is 11.2. The van der Waals surface area contributed by atoms with Gasteiger partial charge in [0.1, 0.15) is 12.4 Å². The summed E-state index contributed by atoms with van der Waals surface area (Å²) in [6.45, 7) is 7.31. The molecule has 0 fully saturated rings. The Bertz CT molecular complexity index is 780. The molecule has 4 nitrogen and oxygen atoms in total. The van der Waals surface area contributed by atoms with Gasteiger partial charge in [0, 0.05) is 16.8 Å². The van der Waals surface area contributed by atoms with Gasteiger partial charge in [0.15, 0.2) is 11.8 Å². The molecule has 0 saturated heterocycles. The minimum absolute atomic E-state index is 0.0555. The summed E-state index contributed by atoms with van der Waals surface area (Å²) < 4.78 is 13.8. The molecule has 0 saturated carbocycles. The summed E-state index contributed by atoms with van der Waals surface area (Å²) in [7, 11) is 1.87. The van der Waals surface area contributed by atoms with E-state index in [9.17, 15) is 14.0 Å². The zero-order valence-electron chi connectivity index (χ0n) is 14.8. The zero-order valence-corrected chi connectivity index (χ0v) is 14.8. The number of aromatic amines is 1. The summed E-state index contributed by atoms with van der Waals surface area (Å²) >= 11 is 0. The average Bonchev–Trinajstić information content (AvgIpc) is 2.82. The Morgan fingerprint density at radius 3 is 2.42 bits per heavy atom. The minimum Gasteiger partial charge on any atom is -0.355 e. The minimum atomic E-state index is -0.360. The number of rotatable bonds is 6. The molecule has 1 aromatic heterocycles. The highest BCUT2D eigenvalue weighted by Gasteiger charge is 2.28. The van der Waals surface area contributed by atoms with Crippen LogP contribution in [0.2, 0.25) is 0 Å². The van der Waals surface area contributed by atoms with Crippen LogP contribution in [0.1, 0.15) is 51.5 Å². The molecular formula is C19H24FN2O2+. The van der Waals surface area contributed by atoms with Crippen molar-refractivity contribution in [2.45, 2.75) is 40.3 Å². The van der Waals surface area contributed by atoms with Crippen molar-refractivity contribution in [3.05, 3.63) is 58.2 Å². The van der Waals surface area contributed by atoms with Crippen molar-refractivity contribution >= 4 is 11.6 Å². The van der Waals surface area contributed by atoms with Crippen molar-refractivity contribution in [2.24, 2.45) is 0 Å². The number of Topliss-reactive ketones (excluding diaryl/α,β-unsaturated/α-hetero) is 2. The maximum atomic E-state index is 13.8. The van der Waals surface area contributed by atoms with Gasteiger partial charge >= 0.3 is 0 Å². The van der Waals surface area contributed by atoms with E-state index in [2.05, 4.69) is 4.98 Å². The van der Waals surface area contributed by atoms with E-state index < -0.39 is 0 Å². The van der Waals surface area contributed by atoms with Crippen molar-refractivity contribution in [1.82, 2.24) is 4.98 Å². The highest BCUT2D eigenvalue weighted by Crippen LogP contribution is 2.19. The standard InChI is InChI=1S/C19H23FN2O2/c1-11-17(14(4)23)12(2)21-18(11)19(24)13(3)22(5)10-15-8-6-7-9-16(15)20/h6-9,13,21H,10H2,1-5H3/p+1/t13-/m1/s1. The average molecular weight is 331 g/mol. The topological polar surface area (TPSA) is 54.4 Å². The molecule has 0 aliphatic rings. The smallest absolute Gasteiger partial charge is 0.235 e. The molecule has 0 bridgehead atoms. The van der Waals surface area contributed by atoms with Gasteiger partial charge in [-0.2, -0.15) is 0 Å². The predicted molar refractivity (Wildman–Crippen MR) is 91.1 cm³/mol. The largest absolute Gasteiger partial charge is 0.355 e. The highest BCUT2D eigenvalue weighted by atomic mass is 19.1. The summed E-state index contributed by atoms with van der Waals surface area (Å²) in [6, 6.07) is 6.23. The maximum Gasteiger partial charge on any atom is 0.235 e. The van der Waals surface area contributed by atoms with Gasteiger partial charge in [0.05, 0.1) is 12.7 Å². The van der Waals surface area contributed by atoms with Gasteiger partial charge in [-0.05, 0) is 39.3 Å². The third kappa shape index (κ3) is 3.46. The van der Waals surface area contributed by atoms with Crippen LogP contribution in [-0.4, -0.2) is 29.6 Å². The molecule has 1 aromatic carbocycles. The van der Waals surface area contributed by atoms with E-state index in [-0.39, 0.29) is 23.4 Å². The Labute approximate surface area is 141 Å². The number of H-pyrrole nitrogens is 1. The number of hydrogen-bond acceptors (Lipinski definition) is 2. The van der Waals surface area contributed by atoms with Gasteiger partial charge in [-0.25, -0.2) is 4.39 Å². The molecule has 0 radical (unpaired) electrons. The number of benzene rings is 1. The number of carbonyl (C=O) groups excluding carboxylic acids is 2. The number of ketones is 2. The summed E-state index contributed by atoms with van der Waals surface area (Å²) in [6.07, 6.45) is 0. The number of aromatic nitrogens is 1. The van der Waals surface area contributed by atoms with Crippen molar-refractivity contribution in [1.29, 1.82) is 0 Å². The fraction of sp³-hybridized carbons (Fsp3) is 0.368. The lowest BCUT2D eigenvalue weighted by molar-refractivity contribution is -0.907. The summed E-state index contributed by atoms with van der Waals surface area (Å²) in [5.41, 5.74) is 3.03. The molecule has 2 N–H and O–H groups in total. The van der Waals surface area contributed by atoms with E-state index >= 15 is 0 Å². The van der Waals surface area contributed by atoms with Crippen molar-refractivity contribution in [3.63, 3.8) is 0 Å². The fourth-order valence-electron chi connectivity index (χ4n) is 3.06. The second kappa shape index (κ2) is 7.09. The van der Waals surface area contributed by atoms with E-state index in [4.69, 9.17) is 0 Å². The van der Waals surface area contributed by atoms with Crippen LogP contribution in [-0.2, 0) is 6.54 Å². The normalized spacial score (nSPS) is 13.6. The van der Waals surface area contributed by atoms with Crippen LogP contribution in [0.4, 0.5) is 4.39 Å². The third-order valence-electron chi connectivity index (χ3n) is 4.60. The number of carbonyl (C=O) groups is 2. The molecule has 0 aliphatic carbocycles. The van der Waals surface area contributed by atoms with Gasteiger partial charge < -0.3 is 9.88 Å². The second-order valence-corrected chi connectivity index (χ2v) is 6.38. The Morgan fingerprint density at radius 1 is 1.25 bits per heavy atom. The lowest BCUT2D eigenvalue weighted by Gasteiger charge is -2.21. The zero-order chi connectivity index (χ0) is 18.0. The molecule has 0 amide bonds. The molecule has 2 rings (SSSR count). The second-order valence-electron chi connectivity index (χ2n) is 6.38. The summed E-state index contributed by atoms with van der Waals surface area (Å²) in [4.78, 5) is 28.5. The Kier molecular flexibility index (Phi) is 5.34. The molecule has 5 heteroatoms. The molecule has 0 spiro atoms. The lowest BCUT2D eigenvalue weighted by Crippen LogP contribution is -3.12. The van der Waals surface area contributed by atoms with Gasteiger partial charge in [-0.1, -0.05) is 18.2 Å². The summed E-state index contributed by atoms with van der Waals surface area (Å²) in [5, 5.41) is 0. The molecule has 2 aromatic rings. The van der Waals surface area contributed by atoms with E-state index in [1.54, 1.807) is 32.0 Å². The number of likely N-dealkylation sites (N-methyl/N-ethyl adjacent to an activating group) is 1. The predicted octanol–water partition coefficient (Wildman–Crippen LogP) is 2.26. The third-order valence-corrected chi connectivity index (χ3v) is 4.60. The summed E-state index contributed by atoms with van der Waals surface area (Å²) in [5.74, 6) is -0.390. The van der Waals surface area contributed by atoms with Gasteiger partial charge in [-0.15, -0.1) is 0 Å². The number of nitrogens with one attached hydrogen (secondary N) is 2. The first-order valence-corrected chi connectivity index (χ1v) is 8.04. The lowest BCUT2D eigenvalue weighted by atomic mass is 10.0. The van der Waals surface area contributed by atoms with E-state index in [1.807, 2.05) is 14.0 Å². The molecular weight excluding hydrogens is 307 g/mol. The number of hydrogen-bond donors (Lipinski definition) is 2. The van der Waals surface area contributed by atoms with Crippen LogP contribution in [0.25, 0.3) is 0 Å². The van der Waals surface area contributed by atoms with Crippen LogP contribution in [0, 0.1) is 19.7 Å². The van der Waals surface area contributed by atoms with Crippen LogP contribution in [0.15, 0.2) is 24.3 Å². The number of halogens is 1. The van der Waals surface area contributed by atoms with Gasteiger partial charge in [0.25, 0.3) is 0 Å². The van der Waals surface area contributed by atoms with Crippen LogP contribution < -0.4 is 4.90 Å². The molecule has 24 heavy (non-hydrogen) atoms. The quantitative estimate of drug-likeness (QED) is 0.798. The van der Waals surface area contributed by atoms with Crippen molar-refractivity contribution in [3.8, 4) is 0 Å². The SMILES string of the molecule is CC(=O)c1c(C)[nH]c(C(=O)[C@@H](C)[NH+](C)Cc2ccccc2F)c1C. The molecule has 0 aliphatic heterocycles. The first-order valence-electron chi connectivity index (χ1n) is 8.04. The Morgan fingerprint density at radius 2 is 1.88 bits per heavy atom. The number of quaternary nitrogens is 1. The molecule has 2 atom stereocenters. The van der Waals surface area contributed by atoms with E-state index in [0.29, 0.717) is 34.6 Å². The van der Waals surface area contributed by atoms with Gasteiger partial charge in [-0.3, -0.25) is 9.59 Å². The first kappa shape index (κ1) is 18.1. The molecule has 1 unspecified atom stereocenters. The fourth-order valence-corrected chi connectivity index (χ4v) is 3.06. The van der Waals surface area contributed by atoms with Crippen molar-refractivity contribution in [2.75, 3.05) is 7.05 Å². The molecule has 1 heterocycles.